The largest absolute Gasteiger partial charge is 0.378 e. The minimum Gasteiger partial charge on any atom is -0.378 e. The molecule has 6 rings (SSSR count). The van der Waals surface area contributed by atoms with Gasteiger partial charge in [-0.05, 0) is 91.3 Å². The number of rotatable bonds is 8. The molecule has 2 amide bonds. The van der Waals surface area contributed by atoms with E-state index in [1.165, 1.54) is 6.92 Å². The SMILES string of the molecule is CC(=O)c1ccc(C(=O)Nc2ccc(C(=O)c3ccc4c(c3)C(C=Nc3ccc(N5CCOCC5)cc3)C(=O)N4)cc2)s1. The normalized spacial score (nSPS) is 16.2. The first kappa shape index (κ1) is 28.2. The summed E-state index contributed by atoms with van der Waals surface area (Å²) in [5, 5.41) is 5.66. The van der Waals surface area contributed by atoms with Crippen molar-refractivity contribution in [3.63, 3.8) is 0 Å². The molecule has 2 aliphatic heterocycles. The minimum atomic E-state index is -0.625. The number of nitrogens with zero attached hydrogens (tertiary/aromatic N) is 2. The van der Waals surface area contributed by atoms with Crippen LogP contribution in [0, 0.1) is 0 Å². The van der Waals surface area contributed by atoms with Crippen molar-refractivity contribution in [3.05, 3.63) is 105 Å². The number of hydrogen-bond acceptors (Lipinski definition) is 8. The zero-order chi connectivity index (χ0) is 29.9. The molecule has 9 nitrogen and oxygen atoms in total. The molecule has 216 valence electrons. The van der Waals surface area contributed by atoms with E-state index >= 15 is 0 Å². The quantitative estimate of drug-likeness (QED) is 0.200. The van der Waals surface area contributed by atoms with Gasteiger partial charge in [0.15, 0.2) is 11.6 Å². The second-order valence-electron chi connectivity index (χ2n) is 10.2. The fourth-order valence-electron chi connectivity index (χ4n) is 5.02. The molecule has 3 aromatic carbocycles. The number of nitrogens with one attached hydrogen (secondary N) is 2. The Morgan fingerprint density at radius 3 is 2.33 bits per heavy atom. The first-order valence-electron chi connectivity index (χ1n) is 13.8. The third-order valence-electron chi connectivity index (χ3n) is 7.37. The molecule has 1 atom stereocenters. The van der Waals surface area contributed by atoms with Crippen LogP contribution in [0.15, 0.2) is 83.9 Å². The molecule has 2 aliphatic rings. The van der Waals surface area contributed by atoms with Crippen LogP contribution in [0.25, 0.3) is 0 Å². The van der Waals surface area contributed by atoms with E-state index in [-0.39, 0.29) is 23.4 Å². The van der Waals surface area contributed by atoms with E-state index in [4.69, 9.17) is 4.74 Å². The maximum Gasteiger partial charge on any atom is 0.265 e. The zero-order valence-electron chi connectivity index (χ0n) is 23.3. The number of anilines is 3. The van der Waals surface area contributed by atoms with Crippen LogP contribution in [-0.4, -0.2) is 55.9 Å². The van der Waals surface area contributed by atoms with Crippen LogP contribution in [0.1, 0.15) is 53.7 Å². The number of fused-ring (bicyclic) bond motifs is 1. The molecule has 0 saturated carbocycles. The van der Waals surface area contributed by atoms with E-state index in [0.717, 1.165) is 35.8 Å². The first-order valence-corrected chi connectivity index (χ1v) is 14.7. The summed E-state index contributed by atoms with van der Waals surface area (Å²) in [4.78, 5) is 57.9. The Hall–Kier alpha value is -4.93. The van der Waals surface area contributed by atoms with Gasteiger partial charge in [-0.25, -0.2) is 0 Å². The lowest BCUT2D eigenvalue weighted by molar-refractivity contribution is -0.115. The van der Waals surface area contributed by atoms with Crippen LogP contribution in [-0.2, 0) is 9.53 Å². The standard InChI is InChI=1S/C33H28N4O5S/c1-20(38)29-12-13-30(43-29)33(41)35-24-5-2-21(3-6-24)31(39)22-4-11-28-26(18-22)27(32(40)36-28)19-34-23-7-9-25(10-8-23)37-14-16-42-17-15-37/h2-13,18-19,27H,14-17H2,1H3,(H,35,41)(H,36,40). The highest BCUT2D eigenvalue weighted by Gasteiger charge is 2.30. The van der Waals surface area contributed by atoms with Crippen molar-refractivity contribution in [3.8, 4) is 0 Å². The molecule has 1 aromatic heterocycles. The van der Waals surface area contributed by atoms with E-state index in [2.05, 4.69) is 20.5 Å². The lowest BCUT2D eigenvalue weighted by Gasteiger charge is -2.28. The molecule has 3 heterocycles. The molecule has 0 bridgehead atoms. The van der Waals surface area contributed by atoms with Gasteiger partial charge in [0.1, 0.15) is 5.92 Å². The number of hydrogen-bond donors (Lipinski definition) is 2. The van der Waals surface area contributed by atoms with Gasteiger partial charge in [0, 0.05) is 47.5 Å². The minimum absolute atomic E-state index is 0.0911. The summed E-state index contributed by atoms with van der Waals surface area (Å²) in [6, 6.07) is 22.9. The topological polar surface area (TPSA) is 117 Å². The van der Waals surface area contributed by atoms with E-state index in [0.29, 0.717) is 51.0 Å². The highest BCUT2D eigenvalue weighted by atomic mass is 32.1. The third kappa shape index (κ3) is 6.15. The molecule has 1 saturated heterocycles. The molecule has 43 heavy (non-hydrogen) atoms. The monoisotopic (exact) mass is 592 g/mol. The van der Waals surface area contributed by atoms with E-state index in [9.17, 15) is 19.2 Å². The predicted octanol–water partition coefficient (Wildman–Crippen LogP) is 5.71. The van der Waals surface area contributed by atoms with Crippen molar-refractivity contribution in [2.75, 3.05) is 41.8 Å². The van der Waals surface area contributed by atoms with E-state index in [1.807, 2.05) is 24.3 Å². The van der Waals surface area contributed by atoms with Crippen molar-refractivity contribution in [1.29, 1.82) is 0 Å². The summed E-state index contributed by atoms with van der Waals surface area (Å²) in [5.41, 5.74) is 4.59. The van der Waals surface area contributed by atoms with Crippen LogP contribution in [0.3, 0.4) is 0 Å². The molecular weight excluding hydrogens is 564 g/mol. The molecular formula is C33H28N4O5S. The summed E-state index contributed by atoms with van der Waals surface area (Å²) in [7, 11) is 0. The van der Waals surface area contributed by atoms with Crippen LogP contribution < -0.4 is 15.5 Å². The van der Waals surface area contributed by atoms with Gasteiger partial charge in [0.05, 0.1) is 28.7 Å². The summed E-state index contributed by atoms with van der Waals surface area (Å²) >= 11 is 1.13. The second kappa shape index (κ2) is 12.1. The van der Waals surface area contributed by atoms with Crippen molar-refractivity contribution in [1.82, 2.24) is 0 Å². The summed E-state index contributed by atoms with van der Waals surface area (Å²) < 4.78 is 5.42. The van der Waals surface area contributed by atoms with Crippen LogP contribution in [0.2, 0.25) is 0 Å². The fourth-order valence-corrected chi connectivity index (χ4v) is 5.82. The average molecular weight is 593 g/mol. The summed E-state index contributed by atoms with van der Waals surface area (Å²) in [6.45, 7) is 4.58. The predicted molar refractivity (Wildman–Crippen MR) is 168 cm³/mol. The van der Waals surface area contributed by atoms with Gasteiger partial charge in [-0.15, -0.1) is 11.3 Å². The van der Waals surface area contributed by atoms with Crippen LogP contribution in [0.4, 0.5) is 22.7 Å². The molecule has 0 aliphatic carbocycles. The van der Waals surface area contributed by atoms with Gasteiger partial charge in [0.2, 0.25) is 5.91 Å². The molecule has 1 fully saturated rings. The molecule has 1 unspecified atom stereocenters. The van der Waals surface area contributed by atoms with Crippen molar-refractivity contribution in [2.24, 2.45) is 4.99 Å². The number of carbonyl (C=O) groups excluding carboxylic acids is 4. The molecule has 2 N–H and O–H groups in total. The molecule has 0 spiro atoms. The number of benzene rings is 3. The molecule has 10 heteroatoms. The Morgan fingerprint density at radius 1 is 0.930 bits per heavy atom. The zero-order valence-corrected chi connectivity index (χ0v) is 24.1. The van der Waals surface area contributed by atoms with E-state index < -0.39 is 5.92 Å². The molecule has 4 aromatic rings. The van der Waals surface area contributed by atoms with Crippen molar-refractivity contribution >= 4 is 63.7 Å². The third-order valence-corrected chi connectivity index (χ3v) is 8.55. The molecule has 0 radical (unpaired) electrons. The Labute approximate surface area is 252 Å². The van der Waals surface area contributed by atoms with Gasteiger partial charge < -0.3 is 20.3 Å². The Bertz CT molecular complexity index is 1740. The Balaban J connectivity index is 1.13. The Kier molecular flexibility index (Phi) is 7.95. The highest BCUT2D eigenvalue weighted by Crippen LogP contribution is 2.33. The number of Topliss-reactive ketones (excluding diaryl/α,β-unsaturated/α-hetero) is 1. The van der Waals surface area contributed by atoms with Gasteiger partial charge in [-0.3, -0.25) is 24.2 Å². The number of ketones is 2. The van der Waals surface area contributed by atoms with Crippen molar-refractivity contribution < 1.29 is 23.9 Å². The van der Waals surface area contributed by atoms with Crippen LogP contribution >= 0.6 is 11.3 Å². The summed E-state index contributed by atoms with van der Waals surface area (Å²) in [5.74, 6) is -1.45. The average Bonchev–Trinajstić information content (AvgIpc) is 3.65. The number of amides is 2. The van der Waals surface area contributed by atoms with Gasteiger partial charge in [0.25, 0.3) is 5.91 Å². The first-order chi connectivity index (χ1) is 20.9. The number of morpholine rings is 1. The Morgan fingerprint density at radius 2 is 1.63 bits per heavy atom. The van der Waals surface area contributed by atoms with Crippen LogP contribution in [0.5, 0.6) is 0 Å². The number of aliphatic imine (C=N–C) groups is 1. The highest BCUT2D eigenvalue weighted by molar-refractivity contribution is 7.16. The van der Waals surface area contributed by atoms with Gasteiger partial charge >= 0.3 is 0 Å². The second-order valence-corrected chi connectivity index (χ2v) is 11.3. The van der Waals surface area contributed by atoms with Gasteiger partial charge in [-0.2, -0.15) is 0 Å². The maximum absolute atomic E-state index is 13.3. The smallest absolute Gasteiger partial charge is 0.265 e. The number of carbonyl (C=O) groups is 4. The fraction of sp³-hybridized carbons (Fsp3) is 0.182. The number of ether oxygens (including phenoxy) is 1. The number of thiophene rings is 1. The van der Waals surface area contributed by atoms with E-state index in [1.54, 1.807) is 60.8 Å². The van der Waals surface area contributed by atoms with Crippen molar-refractivity contribution in [2.45, 2.75) is 12.8 Å². The van der Waals surface area contributed by atoms with Gasteiger partial charge in [-0.1, -0.05) is 0 Å². The summed E-state index contributed by atoms with van der Waals surface area (Å²) in [6.07, 6.45) is 1.61. The lowest BCUT2D eigenvalue weighted by atomic mass is 9.96. The lowest BCUT2D eigenvalue weighted by Crippen LogP contribution is -2.36. The maximum atomic E-state index is 13.3.